The number of nitrogens with one attached hydrogen (secondary N) is 2. The van der Waals surface area contributed by atoms with E-state index in [0.717, 1.165) is 4.68 Å². The summed E-state index contributed by atoms with van der Waals surface area (Å²) < 4.78 is 2.47. The summed E-state index contributed by atoms with van der Waals surface area (Å²) in [6.07, 6.45) is 11.2. The van der Waals surface area contributed by atoms with Crippen molar-refractivity contribution >= 4 is 23.6 Å². The quantitative estimate of drug-likeness (QED) is 0.551. The van der Waals surface area contributed by atoms with Gasteiger partial charge in [-0.3, -0.25) is 19.3 Å². The van der Waals surface area contributed by atoms with Gasteiger partial charge in [0, 0.05) is 30.7 Å². The smallest absolute Gasteiger partial charge is 0.261 e. The Hall–Kier alpha value is -3.93. The first kappa shape index (κ1) is 15.9. The standard InChI is InChI=1S/C16H13N7O2/c1-3-17-14-11(9-19-23(14)4-2)16(25)20-12-10-18-21-15(12)22-8-6-5-7-13(22)24/h2-3,5-10H,1H3,(H,18,21)(H,20,25)/b17-3-. The maximum absolute atomic E-state index is 12.6. The molecule has 0 bridgehead atoms. The SMILES string of the molecule is C#Cn1ncc(C(=O)Nc2c[nH]nc2-n2ccccc2=O)c1/N=C\C. The number of hydrogen-bond acceptors (Lipinski definition) is 5. The molecule has 0 aliphatic carbocycles. The van der Waals surface area contributed by atoms with Crippen LogP contribution in [0.15, 0.2) is 46.6 Å². The van der Waals surface area contributed by atoms with Crippen LogP contribution in [0.4, 0.5) is 11.5 Å². The summed E-state index contributed by atoms with van der Waals surface area (Å²) in [7, 11) is 0. The Labute approximate surface area is 142 Å². The number of carbonyl (C=O) groups excluding carboxylic acids is 1. The maximum Gasteiger partial charge on any atom is 0.261 e. The monoisotopic (exact) mass is 335 g/mol. The summed E-state index contributed by atoms with van der Waals surface area (Å²) in [5, 5.41) is 13.3. The second-order valence-corrected chi connectivity index (χ2v) is 4.80. The van der Waals surface area contributed by atoms with E-state index in [0.29, 0.717) is 5.69 Å². The van der Waals surface area contributed by atoms with Gasteiger partial charge in [0.2, 0.25) is 0 Å². The number of pyridine rings is 1. The number of anilines is 1. The molecule has 0 unspecified atom stereocenters. The van der Waals surface area contributed by atoms with E-state index in [1.54, 1.807) is 25.3 Å². The van der Waals surface area contributed by atoms with Gasteiger partial charge in [0.25, 0.3) is 11.5 Å². The first-order valence-electron chi connectivity index (χ1n) is 7.22. The van der Waals surface area contributed by atoms with Crippen LogP contribution in [-0.2, 0) is 0 Å². The van der Waals surface area contributed by atoms with Gasteiger partial charge in [-0.25, -0.2) is 4.99 Å². The molecule has 0 spiro atoms. The van der Waals surface area contributed by atoms with Crippen LogP contribution in [0.5, 0.6) is 0 Å². The van der Waals surface area contributed by atoms with Gasteiger partial charge in [-0.05, 0) is 13.0 Å². The molecular formula is C16H13N7O2. The summed E-state index contributed by atoms with van der Waals surface area (Å²) in [5.74, 6) is 0.0296. The van der Waals surface area contributed by atoms with Crippen LogP contribution in [-0.4, -0.2) is 36.7 Å². The number of aromatic nitrogens is 5. The highest BCUT2D eigenvalue weighted by atomic mass is 16.2. The molecule has 0 atom stereocenters. The Morgan fingerprint density at radius 3 is 3.04 bits per heavy atom. The number of hydrogen-bond donors (Lipinski definition) is 2. The fraction of sp³-hybridized carbons (Fsp3) is 0.0625. The number of carbonyl (C=O) groups is 1. The molecule has 3 aromatic rings. The Morgan fingerprint density at radius 2 is 2.32 bits per heavy atom. The largest absolute Gasteiger partial charge is 0.317 e. The predicted octanol–water partition coefficient (Wildman–Crippen LogP) is 1.17. The number of amides is 1. The van der Waals surface area contributed by atoms with Crippen molar-refractivity contribution in [2.75, 3.05) is 5.32 Å². The van der Waals surface area contributed by atoms with E-state index in [2.05, 4.69) is 31.6 Å². The highest BCUT2D eigenvalue weighted by Crippen LogP contribution is 2.21. The van der Waals surface area contributed by atoms with Crippen LogP contribution in [0.25, 0.3) is 5.82 Å². The summed E-state index contributed by atoms with van der Waals surface area (Å²) >= 11 is 0. The average molecular weight is 335 g/mol. The van der Waals surface area contributed by atoms with E-state index >= 15 is 0 Å². The lowest BCUT2D eigenvalue weighted by molar-refractivity contribution is 0.102. The molecule has 2 N–H and O–H groups in total. The first-order valence-corrected chi connectivity index (χ1v) is 7.22. The third-order valence-electron chi connectivity index (χ3n) is 3.28. The second-order valence-electron chi connectivity index (χ2n) is 4.80. The molecule has 1 amide bonds. The van der Waals surface area contributed by atoms with Crippen molar-refractivity contribution in [2.45, 2.75) is 6.92 Å². The van der Waals surface area contributed by atoms with Gasteiger partial charge in [-0.1, -0.05) is 12.5 Å². The normalized spacial score (nSPS) is 10.7. The first-order chi connectivity index (χ1) is 12.2. The second kappa shape index (κ2) is 6.67. The molecule has 3 aromatic heterocycles. The van der Waals surface area contributed by atoms with Crippen molar-refractivity contribution in [1.82, 2.24) is 24.5 Å². The maximum atomic E-state index is 12.6. The van der Waals surface area contributed by atoms with Gasteiger partial charge in [0.1, 0.15) is 11.3 Å². The fourth-order valence-corrected chi connectivity index (χ4v) is 2.19. The zero-order chi connectivity index (χ0) is 17.8. The highest BCUT2D eigenvalue weighted by molar-refractivity contribution is 6.08. The zero-order valence-electron chi connectivity index (χ0n) is 13.2. The van der Waals surface area contributed by atoms with Crippen molar-refractivity contribution < 1.29 is 4.79 Å². The number of terminal acetylenes is 1. The topological polar surface area (TPSA) is 110 Å². The zero-order valence-corrected chi connectivity index (χ0v) is 13.2. The molecule has 0 aromatic carbocycles. The lowest BCUT2D eigenvalue weighted by atomic mass is 10.3. The number of aromatic amines is 1. The van der Waals surface area contributed by atoms with E-state index in [9.17, 15) is 9.59 Å². The van der Waals surface area contributed by atoms with Crippen LogP contribution in [0.2, 0.25) is 0 Å². The molecule has 9 nitrogen and oxygen atoms in total. The summed E-state index contributed by atoms with van der Waals surface area (Å²) in [4.78, 5) is 28.6. The van der Waals surface area contributed by atoms with E-state index in [4.69, 9.17) is 6.42 Å². The van der Waals surface area contributed by atoms with E-state index < -0.39 is 5.91 Å². The summed E-state index contributed by atoms with van der Waals surface area (Å²) in [6, 6.07) is 7.01. The number of nitrogens with zero attached hydrogens (tertiary/aromatic N) is 5. The third kappa shape index (κ3) is 2.96. The van der Waals surface area contributed by atoms with E-state index in [-0.39, 0.29) is 22.8 Å². The number of H-pyrrole nitrogens is 1. The van der Waals surface area contributed by atoms with Crippen molar-refractivity contribution in [3.8, 4) is 18.3 Å². The van der Waals surface area contributed by atoms with Gasteiger partial charge in [-0.15, -0.1) is 0 Å². The Kier molecular flexibility index (Phi) is 4.26. The summed E-state index contributed by atoms with van der Waals surface area (Å²) in [5.41, 5.74) is 0.253. The van der Waals surface area contributed by atoms with Gasteiger partial charge in [0.05, 0.1) is 6.20 Å². The minimum atomic E-state index is -0.478. The molecule has 9 heteroatoms. The molecule has 3 heterocycles. The number of rotatable bonds is 4. The molecule has 0 aliphatic heterocycles. The third-order valence-corrected chi connectivity index (χ3v) is 3.28. The molecule has 0 saturated carbocycles. The Bertz CT molecular complexity index is 1050. The molecule has 0 aliphatic rings. The van der Waals surface area contributed by atoms with Crippen LogP contribution in [0.1, 0.15) is 17.3 Å². The van der Waals surface area contributed by atoms with Gasteiger partial charge < -0.3 is 5.32 Å². The molecular weight excluding hydrogens is 322 g/mol. The van der Waals surface area contributed by atoms with Crippen LogP contribution in [0.3, 0.4) is 0 Å². The van der Waals surface area contributed by atoms with E-state index in [1.165, 1.54) is 29.2 Å². The molecule has 0 fully saturated rings. The molecule has 124 valence electrons. The minimum Gasteiger partial charge on any atom is -0.317 e. The molecule has 0 radical (unpaired) electrons. The van der Waals surface area contributed by atoms with Crippen LogP contribution in [0, 0.1) is 12.5 Å². The van der Waals surface area contributed by atoms with E-state index in [1.807, 2.05) is 0 Å². The molecule has 0 saturated heterocycles. The van der Waals surface area contributed by atoms with Crippen molar-refractivity contribution in [1.29, 1.82) is 0 Å². The number of aliphatic imine (C=N–C) groups is 1. The summed E-state index contributed by atoms with van der Waals surface area (Å²) in [6.45, 7) is 1.70. The van der Waals surface area contributed by atoms with Gasteiger partial charge in [-0.2, -0.15) is 14.9 Å². The van der Waals surface area contributed by atoms with Crippen molar-refractivity contribution in [3.63, 3.8) is 0 Å². The van der Waals surface area contributed by atoms with Gasteiger partial charge >= 0.3 is 0 Å². The van der Waals surface area contributed by atoms with Gasteiger partial charge in [0.15, 0.2) is 11.6 Å². The van der Waals surface area contributed by atoms with Crippen molar-refractivity contribution in [3.05, 3.63) is 52.7 Å². The minimum absolute atomic E-state index is 0.198. The Morgan fingerprint density at radius 1 is 1.48 bits per heavy atom. The van der Waals surface area contributed by atoms with Crippen LogP contribution < -0.4 is 10.9 Å². The lowest BCUT2D eigenvalue weighted by Gasteiger charge is -2.06. The van der Waals surface area contributed by atoms with Crippen molar-refractivity contribution in [2.24, 2.45) is 4.99 Å². The highest BCUT2D eigenvalue weighted by Gasteiger charge is 2.19. The lowest BCUT2D eigenvalue weighted by Crippen LogP contribution is -2.19. The molecule has 3 rings (SSSR count). The average Bonchev–Trinajstić information content (AvgIpc) is 3.22. The van der Waals surface area contributed by atoms with Crippen LogP contribution >= 0.6 is 0 Å². The Balaban J connectivity index is 1.96. The fourth-order valence-electron chi connectivity index (χ4n) is 2.19. The predicted molar refractivity (Wildman–Crippen MR) is 92.4 cm³/mol. The molecule has 25 heavy (non-hydrogen) atoms.